The summed E-state index contributed by atoms with van der Waals surface area (Å²) in [5, 5.41) is 0. The number of rotatable bonds is 4. The Hall–Kier alpha value is -2.39. The Morgan fingerprint density at radius 2 is 1.78 bits per heavy atom. The van der Waals surface area contributed by atoms with Crippen molar-refractivity contribution >= 4 is 6.08 Å². The normalized spacial score (nSPS) is 16.5. The van der Waals surface area contributed by atoms with Crippen LogP contribution < -0.4 is 5.69 Å². The van der Waals surface area contributed by atoms with Gasteiger partial charge >= 0.3 is 5.69 Å². The molecule has 5 nitrogen and oxygen atoms in total. The average Bonchev–Trinajstić information content (AvgIpc) is 3.15. The summed E-state index contributed by atoms with van der Waals surface area (Å²) in [5.74, 6) is 0. The summed E-state index contributed by atoms with van der Waals surface area (Å²) in [7, 11) is 0. The Bertz CT molecular complexity index is 786. The van der Waals surface area contributed by atoms with E-state index in [4.69, 9.17) is 0 Å². The summed E-state index contributed by atoms with van der Waals surface area (Å²) >= 11 is 0. The molecule has 1 heterocycles. The van der Waals surface area contributed by atoms with Crippen molar-refractivity contribution in [1.82, 2.24) is 9.13 Å². The number of aliphatic imine (C=N–C) groups is 1. The highest BCUT2D eigenvalue weighted by Crippen LogP contribution is 2.42. The van der Waals surface area contributed by atoms with Crippen LogP contribution in [0.4, 0.5) is 0 Å². The van der Waals surface area contributed by atoms with Crippen LogP contribution in [0.5, 0.6) is 0 Å². The van der Waals surface area contributed by atoms with E-state index in [9.17, 15) is 9.59 Å². The van der Waals surface area contributed by atoms with Crippen molar-refractivity contribution in [3.8, 4) is 5.69 Å². The van der Waals surface area contributed by atoms with Gasteiger partial charge in [-0.3, -0.25) is 9.13 Å². The second-order valence-corrected chi connectivity index (χ2v) is 6.44. The first-order valence-electron chi connectivity index (χ1n) is 8.07. The minimum atomic E-state index is -0.422. The van der Waals surface area contributed by atoms with Gasteiger partial charge in [0.05, 0.1) is 11.2 Å². The molecule has 1 aromatic carbocycles. The standard InChI is InChI=1S/C18H21N3O2/c1-14(2)20-11-12-21(17(20)23)16-7-5-15(6-8-16)18(19-13-22)9-3-4-10-18/h5-8,11-12,14H,3-4,9-10H2,1-2H3. The fraction of sp³-hybridized carbons (Fsp3) is 0.444. The van der Waals surface area contributed by atoms with Gasteiger partial charge in [0.1, 0.15) is 0 Å². The molecule has 120 valence electrons. The second-order valence-electron chi connectivity index (χ2n) is 6.44. The van der Waals surface area contributed by atoms with Crippen LogP contribution in [0.1, 0.15) is 51.1 Å². The van der Waals surface area contributed by atoms with Gasteiger partial charge in [0, 0.05) is 18.4 Å². The van der Waals surface area contributed by atoms with E-state index in [1.54, 1.807) is 27.6 Å². The number of nitrogens with zero attached hydrogens (tertiary/aromatic N) is 3. The number of hydrogen-bond donors (Lipinski definition) is 0. The van der Waals surface area contributed by atoms with Crippen LogP contribution in [-0.4, -0.2) is 15.2 Å². The lowest BCUT2D eigenvalue weighted by molar-refractivity contribution is 0.456. The minimum Gasteiger partial charge on any atom is -0.296 e. The Morgan fingerprint density at radius 3 is 2.30 bits per heavy atom. The van der Waals surface area contributed by atoms with Crippen LogP contribution >= 0.6 is 0 Å². The van der Waals surface area contributed by atoms with Crippen molar-refractivity contribution < 1.29 is 4.79 Å². The predicted octanol–water partition coefficient (Wildman–Crippen LogP) is 3.33. The number of isocyanates is 1. The van der Waals surface area contributed by atoms with Crippen LogP contribution in [0, 0.1) is 0 Å². The number of benzene rings is 1. The highest BCUT2D eigenvalue weighted by atomic mass is 16.1. The van der Waals surface area contributed by atoms with E-state index in [0.717, 1.165) is 36.9 Å². The van der Waals surface area contributed by atoms with Crippen molar-refractivity contribution in [1.29, 1.82) is 0 Å². The maximum Gasteiger partial charge on any atom is 0.332 e. The van der Waals surface area contributed by atoms with Gasteiger partial charge < -0.3 is 0 Å². The summed E-state index contributed by atoms with van der Waals surface area (Å²) < 4.78 is 3.33. The van der Waals surface area contributed by atoms with Crippen LogP contribution in [-0.2, 0) is 10.3 Å². The molecule has 0 aliphatic heterocycles. The molecule has 0 atom stereocenters. The van der Waals surface area contributed by atoms with Gasteiger partial charge in [-0.1, -0.05) is 25.0 Å². The van der Waals surface area contributed by atoms with Gasteiger partial charge in [0.25, 0.3) is 0 Å². The van der Waals surface area contributed by atoms with E-state index in [0.29, 0.717) is 0 Å². The highest BCUT2D eigenvalue weighted by Gasteiger charge is 2.35. The third-order valence-corrected chi connectivity index (χ3v) is 4.73. The summed E-state index contributed by atoms with van der Waals surface area (Å²) in [6.45, 7) is 3.96. The van der Waals surface area contributed by atoms with E-state index in [1.165, 1.54) is 0 Å². The van der Waals surface area contributed by atoms with E-state index < -0.39 is 5.54 Å². The number of hydrogen-bond acceptors (Lipinski definition) is 3. The molecule has 2 aromatic rings. The van der Waals surface area contributed by atoms with E-state index >= 15 is 0 Å². The fourth-order valence-corrected chi connectivity index (χ4v) is 3.42. The lowest BCUT2D eigenvalue weighted by atomic mass is 9.89. The molecule has 0 amide bonds. The van der Waals surface area contributed by atoms with Gasteiger partial charge in [-0.05, 0) is 44.4 Å². The molecular formula is C18H21N3O2. The molecule has 1 fully saturated rings. The monoisotopic (exact) mass is 311 g/mol. The van der Waals surface area contributed by atoms with E-state index in [2.05, 4.69) is 4.99 Å². The molecule has 23 heavy (non-hydrogen) atoms. The Morgan fingerprint density at radius 1 is 1.13 bits per heavy atom. The zero-order chi connectivity index (χ0) is 16.4. The van der Waals surface area contributed by atoms with Crippen molar-refractivity contribution in [2.75, 3.05) is 0 Å². The Labute approximate surface area is 135 Å². The molecular weight excluding hydrogens is 290 g/mol. The summed E-state index contributed by atoms with van der Waals surface area (Å²) in [6.07, 6.45) is 9.23. The first-order valence-corrected chi connectivity index (χ1v) is 8.07. The molecule has 1 saturated carbocycles. The maximum absolute atomic E-state index is 12.4. The minimum absolute atomic E-state index is 0.0470. The molecule has 5 heteroatoms. The van der Waals surface area contributed by atoms with Crippen molar-refractivity contribution in [2.45, 2.75) is 51.1 Å². The SMILES string of the molecule is CC(C)n1ccn(-c2ccc(C3(N=C=O)CCCC3)cc2)c1=O. The van der Waals surface area contributed by atoms with Gasteiger partial charge in [-0.2, -0.15) is 4.99 Å². The van der Waals surface area contributed by atoms with Crippen LogP contribution in [0.25, 0.3) is 5.69 Å². The molecule has 0 unspecified atom stereocenters. The average molecular weight is 311 g/mol. The fourth-order valence-electron chi connectivity index (χ4n) is 3.42. The predicted molar refractivity (Wildman–Crippen MR) is 88.7 cm³/mol. The lowest BCUT2D eigenvalue weighted by Gasteiger charge is -2.23. The topological polar surface area (TPSA) is 56.4 Å². The third-order valence-electron chi connectivity index (χ3n) is 4.73. The van der Waals surface area contributed by atoms with Gasteiger partial charge in [0.15, 0.2) is 0 Å². The first kappa shape index (κ1) is 15.5. The largest absolute Gasteiger partial charge is 0.332 e. The van der Waals surface area contributed by atoms with E-state index in [-0.39, 0.29) is 11.7 Å². The molecule has 1 aromatic heterocycles. The Kier molecular flexibility index (Phi) is 4.05. The van der Waals surface area contributed by atoms with Crippen molar-refractivity contribution in [3.05, 3.63) is 52.7 Å². The molecule has 1 aliphatic carbocycles. The molecule has 3 rings (SSSR count). The van der Waals surface area contributed by atoms with Crippen LogP contribution in [0.2, 0.25) is 0 Å². The van der Waals surface area contributed by atoms with Crippen LogP contribution in [0.15, 0.2) is 46.4 Å². The smallest absolute Gasteiger partial charge is 0.296 e. The first-order chi connectivity index (χ1) is 11.1. The summed E-state index contributed by atoms with van der Waals surface area (Å²) in [4.78, 5) is 27.3. The number of carbonyl (C=O) groups excluding carboxylic acids is 1. The highest BCUT2D eigenvalue weighted by molar-refractivity contribution is 5.42. The quantitative estimate of drug-likeness (QED) is 0.642. The van der Waals surface area contributed by atoms with Gasteiger partial charge in [-0.25, -0.2) is 9.59 Å². The lowest BCUT2D eigenvalue weighted by Crippen LogP contribution is -2.24. The molecule has 0 bridgehead atoms. The van der Waals surface area contributed by atoms with Crippen molar-refractivity contribution in [2.24, 2.45) is 4.99 Å². The van der Waals surface area contributed by atoms with Crippen LogP contribution in [0.3, 0.4) is 0 Å². The van der Waals surface area contributed by atoms with Crippen molar-refractivity contribution in [3.63, 3.8) is 0 Å². The molecule has 1 aliphatic rings. The number of aromatic nitrogens is 2. The molecule has 0 spiro atoms. The zero-order valence-electron chi connectivity index (χ0n) is 13.5. The third kappa shape index (κ3) is 2.68. The Balaban J connectivity index is 1.97. The maximum atomic E-state index is 12.4. The summed E-state index contributed by atoms with van der Waals surface area (Å²) in [5.41, 5.74) is 1.38. The van der Waals surface area contributed by atoms with Gasteiger partial charge in [0.2, 0.25) is 6.08 Å². The zero-order valence-corrected chi connectivity index (χ0v) is 13.5. The molecule has 0 radical (unpaired) electrons. The number of imidazole rings is 1. The second kappa shape index (κ2) is 6.01. The molecule has 0 saturated heterocycles. The van der Waals surface area contributed by atoms with E-state index in [1.807, 2.05) is 38.1 Å². The molecule has 0 N–H and O–H groups in total. The summed E-state index contributed by atoms with van der Waals surface area (Å²) in [6, 6.07) is 7.91. The van der Waals surface area contributed by atoms with Gasteiger partial charge in [-0.15, -0.1) is 0 Å².